The van der Waals surface area contributed by atoms with Crippen LogP contribution >= 0.6 is 0 Å². The van der Waals surface area contributed by atoms with Crippen LogP contribution in [0.2, 0.25) is 0 Å². The lowest BCUT2D eigenvalue weighted by molar-refractivity contribution is 0.129. The van der Waals surface area contributed by atoms with Crippen molar-refractivity contribution in [2.75, 3.05) is 0 Å². The molecule has 1 N–H and O–H groups in total. The van der Waals surface area contributed by atoms with E-state index in [0.29, 0.717) is 29.3 Å². The molecule has 2 aromatic rings. The van der Waals surface area contributed by atoms with Crippen LogP contribution in [0.3, 0.4) is 0 Å². The molecule has 0 saturated heterocycles. The fraction of sp³-hybridized carbons (Fsp3) is 0.429. The van der Waals surface area contributed by atoms with Crippen molar-refractivity contribution in [3.63, 3.8) is 0 Å². The Bertz CT molecular complexity index is 568. The Balaban J connectivity index is 2.27. The van der Waals surface area contributed by atoms with Crippen LogP contribution in [0.5, 0.6) is 0 Å². The maximum atomic E-state index is 13.2. The fourth-order valence-electron chi connectivity index (χ4n) is 1.84. The number of aliphatic hydroxyl groups is 1. The van der Waals surface area contributed by atoms with Crippen LogP contribution in [-0.2, 0) is 0 Å². The SMILES string of the molecule is CCC(O)C(C)c1nc(-c2ccc(F)c(C)c2)no1. The molecule has 0 aliphatic rings. The first-order valence-electron chi connectivity index (χ1n) is 6.31. The van der Waals surface area contributed by atoms with Crippen molar-refractivity contribution < 1.29 is 14.0 Å². The Morgan fingerprint density at radius 2 is 2.16 bits per heavy atom. The van der Waals surface area contributed by atoms with Gasteiger partial charge in [-0.15, -0.1) is 0 Å². The van der Waals surface area contributed by atoms with E-state index in [1.165, 1.54) is 6.07 Å². The summed E-state index contributed by atoms with van der Waals surface area (Å²) in [7, 11) is 0. The van der Waals surface area contributed by atoms with E-state index in [2.05, 4.69) is 10.1 Å². The van der Waals surface area contributed by atoms with E-state index < -0.39 is 6.10 Å². The molecule has 1 aromatic carbocycles. The Morgan fingerprint density at radius 1 is 1.42 bits per heavy atom. The number of hydrogen-bond donors (Lipinski definition) is 1. The molecule has 0 fully saturated rings. The zero-order valence-corrected chi connectivity index (χ0v) is 11.2. The summed E-state index contributed by atoms with van der Waals surface area (Å²) < 4.78 is 18.4. The van der Waals surface area contributed by atoms with Crippen molar-refractivity contribution in [3.8, 4) is 11.4 Å². The van der Waals surface area contributed by atoms with Gasteiger partial charge in [0, 0.05) is 5.56 Å². The molecule has 0 aliphatic heterocycles. The minimum absolute atomic E-state index is 0.215. The molecule has 4 nitrogen and oxygen atoms in total. The maximum absolute atomic E-state index is 13.2. The number of aryl methyl sites for hydroxylation is 1. The van der Waals surface area contributed by atoms with Crippen molar-refractivity contribution in [2.24, 2.45) is 0 Å². The summed E-state index contributed by atoms with van der Waals surface area (Å²) in [5.41, 5.74) is 1.23. The number of aromatic nitrogens is 2. The lowest BCUT2D eigenvalue weighted by Crippen LogP contribution is -2.14. The van der Waals surface area contributed by atoms with E-state index in [-0.39, 0.29) is 11.7 Å². The van der Waals surface area contributed by atoms with Crippen molar-refractivity contribution in [2.45, 2.75) is 39.2 Å². The summed E-state index contributed by atoms with van der Waals surface area (Å²) in [6.07, 6.45) is 0.109. The average molecular weight is 264 g/mol. The molecule has 0 aliphatic carbocycles. The van der Waals surface area contributed by atoms with Gasteiger partial charge in [-0.1, -0.05) is 19.0 Å². The average Bonchev–Trinajstić information content (AvgIpc) is 2.89. The van der Waals surface area contributed by atoms with Crippen LogP contribution in [0.1, 0.15) is 37.6 Å². The van der Waals surface area contributed by atoms with E-state index in [9.17, 15) is 9.50 Å². The molecule has 102 valence electrons. The van der Waals surface area contributed by atoms with Gasteiger partial charge in [0.2, 0.25) is 11.7 Å². The molecular weight excluding hydrogens is 247 g/mol. The predicted octanol–water partition coefficient (Wildman–Crippen LogP) is 3.06. The van der Waals surface area contributed by atoms with Crippen LogP contribution in [0.15, 0.2) is 22.7 Å². The number of rotatable bonds is 4. The van der Waals surface area contributed by atoms with E-state index in [0.717, 1.165) is 0 Å². The number of aliphatic hydroxyl groups excluding tert-OH is 1. The maximum Gasteiger partial charge on any atom is 0.232 e. The topological polar surface area (TPSA) is 59.2 Å². The number of nitrogens with zero attached hydrogens (tertiary/aromatic N) is 2. The first kappa shape index (κ1) is 13.7. The second-order valence-electron chi connectivity index (χ2n) is 4.68. The molecule has 1 heterocycles. The van der Waals surface area contributed by atoms with Gasteiger partial charge in [-0.25, -0.2) is 4.39 Å². The molecule has 2 rings (SSSR count). The molecule has 2 atom stereocenters. The van der Waals surface area contributed by atoms with Crippen LogP contribution in [0.25, 0.3) is 11.4 Å². The van der Waals surface area contributed by atoms with Crippen molar-refractivity contribution in [1.29, 1.82) is 0 Å². The predicted molar refractivity (Wildman–Crippen MR) is 69.1 cm³/mol. The van der Waals surface area contributed by atoms with Gasteiger partial charge in [0.25, 0.3) is 0 Å². The molecule has 0 bridgehead atoms. The van der Waals surface area contributed by atoms with Crippen molar-refractivity contribution in [3.05, 3.63) is 35.5 Å². The number of benzene rings is 1. The van der Waals surface area contributed by atoms with E-state index in [1.807, 2.05) is 13.8 Å². The molecule has 0 radical (unpaired) electrons. The van der Waals surface area contributed by atoms with Crippen LogP contribution < -0.4 is 0 Å². The third kappa shape index (κ3) is 2.81. The zero-order chi connectivity index (χ0) is 14.0. The highest BCUT2D eigenvalue weighted by Crippen LogP contribution is 2.24. The molecular formula is C14H17FN2O2. The van der Waals surface area contributed by atoms with Gasteiger partial charge in [0.15, 0.2) is 0 Å². The quantitative estimate of drug-likeness (QED) is 0.922. The van der Waals surface area contributed by atoms with Gasteiger partial charge in [0.05, 0.1) is 12.0 Å². The van der Waals surface area contributed by atoms with E-state index in [4.69, 9.17) is 4.52 Å². The monoisotopic (exact) mass is 264 g/mol. The van der Waals surface area contributed by atoms with E-state index in [1.54, 1.807) is 19.1 Å². The van der Waals surface area contributed by atoms with E-state index >= 15 is 0 Å². The largest absolute Gasteiger partial charge is 0.392 e. The van der Waals surface area contributed by atoms with Gasteiger partial charge in [-0.05, 0) is 37.1 Å². The number of hydrogen-bond acceptors (Lipinski definition) is 4. The fourth-order valence-corrected chi connectivity index (χ4v) is 1.84. The third-order valence-electron chi connectivity index (χ3n) is 3.24. The molecule has 1 aromatic heterocycles. The smallest absolute Gasteiger partial charge is 0.232 e. The summed E-state index contributed by atoms with van der Waals surface area (Å²) >= 11 is 0. The summed E-state index contributed by atoms with van der Waals surface area (Å²) in [4.78, 5) is 4.26. The molecule has 0 amide bonds. The van der Waals surface area contributed by atoms with Gasteiger partial charge in [-0.2, -0.15) is 4.98 Å². The third-order valence-corrected chi connectivity index (χ3v) is 3.24. The molecule has 19 heavy (non-hydrogen) atoms. The van der Waals surface area contributed by atoms with Gasteiger partial charge >= 0.3 is 0 Å². The van der Waals surface area contributed by atoms with Gasteiger partial charge in [0.1, 0.15) is 5.82 Å². The Labute approximate surface area is 111 Å². The number of halogens is 1. The first-order chi connectivity index (χ1) is 9.02. The van der Waals surface area contributed by atoms with Crippen LogP contribution in [0.4, 0.5) is 4.39 Å². The normalized spacial score (nSPS) is 14.4. The lowest BCUT2D eigenvalue weighted by atomic mass is 10.0. The Morgan fingerprint density at radius 3 is 2.79 bits per heavy atom. The second-order valence-corrected chi connectivity index (χ2v) is 4.68. The van der Waals surface area contributed by atoms with Crippen molar-refractivity contribution >= 4 is 0 Å². The minimum Gasteiger partial charge on any atom is -0.392 e. The molecule has 2 unspecified atom stereocenters. The minimum atomic E-state index is -0.511. The van der Waals surface area contributed by atoms with Crippen LogP contribution in [0, 0.1) is 12.7 Å². The Hall–Kier alpha value is -1.75. The lowest BCUT2D eigenvalue weighted by Gasteiger charge is -2.11. The molecule has 0 spiro atoms. The van der Waals surface area contributed by atoms with Gasteiger partial charge in [-0.3, -0.25) is 0 Å². The van der Waals surface area contributed by atoms with Crippen molar-refractivity contribution in [1.82, 2.24) is 10.1 Å². The van der Waals surface area contributed by atoms with Crippen LogP contribution in [-0.4, -0.2) is 21.4 Å². The Kier molecular flexibility index (Phi) is 3.95. The standard InChI is InChI=1S/C14H17FN2O2/c1-4-12(18)9(3)14-16-13(17-19-14)10-5-6-11(15)8(2)7-10/h5-7,9,12,18H,4H2,1-3H3. The summed E-state index contributed by atoms with van der Waals surface area (Å²) in [6.45, 7) is 5.41. The second kappa shape index (κ2) is 5.48. The summed E-state index contributed by atoms with van der Waals surface area (Å²) in [5, 5.41) is 13.6. The molecule has 0 saturated carbocycles. The highest BCUT2D eigenvalue weighted by atomic mass is 19.1. The first-order valence-corrected chi connectivity index (χ1v) is 6.31. The molecule has 5 heteroatoms. The highest BCUT2D eigenvalue weighted by molar-refractivity contribution is 5.55. The zero-order valence-electron chi connectivity index (χ0n) is 11.2. The summed E-state index contributed by atoms with van der Waals surface area (Å²) in [5.74, 6) is 0.328. The summed E-state index contributed by atoms with van der Waals surface area (Å²) in [6, 6.07) is 4.66. The van der Waals surface area contributed by atoms with Gasteiger partial charge < -0.3 is 9.63 Å². The highest BCUT2D eigenvalue weighted by Gasteiger charge is 2.21.